The van der Waals surface area contributed by atoms with Crippen LogP contribution in [0, 0.1) is 0 Å². The molecule has 0 radical (unpaired) electrons. The first-order chi connectivity index (χ1) is 13.9. The van der Waals surface area contributed by atoms with Gasteiger partial charge in [0, 0.05) is 12.1 Å². The predicted molar refractivity (Wildman–Crippen MR) is 111 cm³/mol. The molecule has 0 aliphatic heterocycles. The maximum atomic E-state index is 12.8. The highest BCUT2D eigenvalue weighted by molar-refractivity contribution is 7.90. The highest BCUT2D eigenvalue weighted by atomic mass is 32.2. The molecule has 0 saturated heterocycles. The Kier molecular flexibility index (Phi) is 5.79. The van der Waals surface area contributed by atoms with Crippen molar-refractivity contribution in [2.24, 2.45) is 0 Å². The summed E-state index contributed by atoms with van der Waals surface area (Å²) in [6.07, 6.45) is 6.45. The zero-order chi connectivity index (χ0) is 20.5. The average Bonchev–Trinajstić information content (AvgIpc) is 3.11. The third-order valence-electron chi connectivity index (χ3n) is 5.80. The van der Waals surface area contributed by atoms with E-state index in [0.29, 0.717) is 0 Å². The number of fused-ring (bicyclic) bond motifs is 1. The molecule has 2 aliphatic rings. The SMILES string of the molecule is O=S(=O)(NC1CCCCC1)c1ccc(S(=O)(=O)N[C@@H]2CCc3ccccc32)cc1. The predicted octanol–water partition coefficient (Wildman–Crippen LogP) is 3.26. The average molecular weight is 435 g/mol. The van der Waals surface area contributed by atoms with Crippen molar-refractivity contribution in [2.45, 2.75) is 66.8 Å². The normalized spacial score (nSPS) is 20.5. The van der Waals surface area contributed by atoms with E-state index < -0.39 is 20.0 Å². The van der Waals surface area contributed by atoms with E-state index in [9.17, 15) is 16.8 Å². The Morgan fingerprint density at radius 3 is 1.93 bits per heavy atom. The number of benzene rings is 2. The second-order valence-corrected chi connectivity index (χ2v) is 11.3. The van der Waals surface area contributed by atoms with Crippen molar-refractivity contribution in [1.82, 2.24) is 9.44 Å². The van der Waals surface area contributed by atoms with E-state index >= 15 is 0 Å². The van der Waals surface area contributed by atoms with Crippen LogP contribution < -0.4 is 9.44 Å². The van der Waals surface area contributed by atoms with E-state index in [-0.39, 0.29) is 21.9 Å². The number of aryl methyl sites for hydroxylation is 1. The first kappa shape index (κ1) is 20.5. The van der Waals surface area contributed by atoms with Crippen LogP contribution in [-0.2, 0) is 26.5 Å². The van der Waals surface area contributed by atoms with Gasteiger partial charge in [0.05, 0.1) is 9.79 Å². The number of sulfonamides is 2. The lowest BCUT2D eigenvalue weighted by atomic mass is 9.96. The van der Waals surface area contributed by atoms with E-state index in [2.05, 4.69) is 9.44 Å². The Balaban J connectivity index is 1.48. The van der Waals surface area contributed by atoms with Crippen LogP contribution >= 0.6 is 0 Å². The van der Waals surface area contributed by atoms with Crippen molar-refractivity contribution < 1.29 is 16.8 Å². The number of rotatable bonds is 6. The largest absolute Gasteiger partial charge is 0.241 e. The van der Waals surface area contributed by atoms with Gasteiger partial charge in [0.1, 0.15) is 0 Å². The lowest BCUT2D eigenvalue weighted by molar-refractivity contribution is 0.412. The summed E-state index contributed by atoms with van der Waals surface area (Å²) in [5.41, 5.74) is 2.17. The molecule has 2 aromatic carbocycles. The molecule has 0 unspecified atom stereocenters. The molecule has 0 amide bonds. The van der Waals surface area contributed by atoms with Gasteiger partial charge >= 0.3 is 0 Å². The molecule has 2 aromatic rings. The van der Waals surface area contributed by atoms with Gasteiger partial charge in [0.25, 0.3) is 0 Å². The van der Waals surface area contributed by atoms with E-state index in [1.54, 1.807) is 0 Å². The van der Waals surface area contributed by atoms with Crippen LogP contribution in [0.25, 0.3) is 0 Å². The number of hydrogen-bond acceptors (Lipinski definition) is 4. The Morgan fingerprint density at radius 1 is 0.690 bits per heavy atom. The topological polar surface area (TPSA) is 92.3 Å². The monoisotopic (exact) mass is 434 g/mol. The van der Waals surface area contributed by atoms with E-state index in [1.165, 1.54) is 24.3 Å². The summed E-state index contributed by atoms with van der Waals surface area (Å²) >= 11 is 0. The molecule has 0 aromatic heterocycles. The standard InChI is InChI=1S/C21H26N2O4S2/c24-28(25,22-17-7-2-1-3-8-17)18-11-13-19(14-12-18)29(26,27)23-21-15-10-16-6-4-5-9-20(16)21/h4-6,9,11-14,17,21-23H,1-3,7-8,10,15H2/t21-/m1/s1. The Morgan fingerprint density at radius 2 is 1.28 bits per heavy atom. The maximum absolute atomic E-state index is 12.8. The van der Waals surface area contributed by atoms with Gasteiger partial charge in [-0.05, 0) is 61.1 Å². The molecule has 2 N–H and O–H groups in total. The minimum absolute atomic E-state index is 0.0405. The van der Waals surface area contributed by atoms with Crippen molar-refractivity contribution in [3.05, 3.63) is 59.7 Å². The first-order valence-corrected chi connectivity index (χ1v) is 13.0. The lowest BCUT2D eigenvalue weighted by Gasteiger charge is -2.22. The lowest BCUT2D eigenvalue weighted by Crippen LogP contribution is -2.36. The molecule has 29 heavy (non-hydrogen) atoms. The molecular formula is C21H26N2O4S2. The molecule has 156 valence electrons. The molecule has 0 bridgehead atoms. The summed E-state index contributed by atoms with van der Waals surface area (Å²) in [7, 11) is -7.39. The fraction of sp³-hybridized carbons (Fsp3) is 0.429. The summed E-state index contributed by atoms with van der Waals surface area (Å²) in [6, 6.07) is 13.0. The molecule has 2 aliphatic carbocycles. The summed E-state index contributed by atoms with van der Waals surface area (Å²) in [6.45, 7) is 0. The Hall–Kier alpha value is -1.74. The maximum Gasteiger partial charge on any atom is 0.241 e. The van der Waals surface area contributed by atoms with Gasteiger partial charge in [-0.1, -0.05) is 43.5 Å². The smallest absolute Gasteiger partial charge is 0.208 e. The van der Waals surface area contributed by atoms with Crippen LogP contribution in [-0.4, -0.2) is 22.9 Å². The van der Waals surface area contributed by atoms with Gasteiger partial charge < -0.3 is 0 Å². The number of nitrogens with one attached hydrogen (secondary N) is 2. The Bertz CT molecular complexity index is 1070. The summed E-state index contributed by atoms with van der Waals surface area (Å²) in [5.74, 6) is 0. The van der Waals surface area contributed by atoms with E-state index in [4.69, 9.17) is 0 Å². The molecule has 8 heteroatoms. The Labute approximate surface area is 172 Å². The minimum Gasteiger partial charge on any atom is -0.208 e. The molecule has 6 nitrogen and oxygen atoms in total. The van der Waals surface area contributed by atoms with Crippen LogP contribution in [0.4, 0.5) is 0 Å². The van der Waals surface area contributed by atoms with Gasteiger partial charge in [0.2, 0.25) is 20.0 Å². The van der Waals surface area contributed by atoms with E-state index in [1.807, 2.05) is 24.3 Å². The second-order valence-electron chi connectivity index (χ2n) is 7.84. The molecule has 1 atom stereocenters. The van der Waals surface area contributed by atoms with Gasteiger partial charge in [-0.25, -0.2) is 26.3 Å². The summed E-state index contributed by atoms with van der Waals surface area (Å²) < 4.78 is 56.3. The summed E-state index contributed by atoms with van der Waals surface area (Å²) in [5, 5.41) is 0. The van der Waals surface area contributed by atoms with Crippen molar-refractivity contribution in [3.63, 3.8) is 0 Å². The van der Waals surface area contributed by atoms with Crippen LogP contribution in [0.15, 0.2) is 58.3 Å². The molecule has 0 heterocycles. The third-order valence-corrected chi connectivity index (χ3v) is 8.83. The van der Waals surface area contributed by atoms with Crippen molar-refractivity contribution in [3.8, 4) is 0 Å². The number of hydrogen-bond donors (Lipinski definition) is 2. The quantitative estimate of drug-likeness (QED) is 0.730. The molecule has 1 saturated carbocycles. The molecule has 0 spiro atoms. The summed E-state index contributed by atoms with van der Waals surface area (Å²) in [4.78, 5) is 0.159. The minimum atomic E-state index is -3.74. The van der Waals surface area contributed by atoms with Gasteiger partial charge in [-0.3, -0.25) is 0 Å². The van der Waals surface area contributed by atoms with Gasteiger partial charge in [0.15, 0.2) is 0 Å². The first-order valence-electron chi connectivity index (χ1n) is 10.1. The van der Waals surface area contributed by atoms with Crippen LogP contribution in [0.3, 0.4) is 0 Å². The highest BCUT2D eigenvalue weighted by Gasteiger charge is 2.28. The van der Waals surface area contributed by atoms with Crippen LogP contribution in [0.5, 0.6) is 0 Å². The van der Waals surface area contributed by atoms with Crippen LogP contribution in [0.1, 0.15) is 55.7 Å². The highest BCUT2D eigenvalue weighted by Crippen LogP contribution is 2.32. The van der Waals surface area contributed by atoms with E-state index in [0.717, 1.165) is 56.1 Å². The molecular weight excluding hydrogens is 408 g/mol. The van der Waals surface area contributed by atoms with Crippen molar-refractivity contribution >= 4 is 20.0 Å². The fourth-order valence-corrected chi connectivity index (χ4v) is 6.80. The van der Waals surface area contributed by atoms with Crippen molar-refractivity contribution in [1.29, 1.82) is 0 Å². The zero-order valence-corrected chi connectivity index (χ0v) is 17.8. The fourth-order valence-electron chi connectivity index (χ4n) is 4.24. The van der Waals surface area contributed by atoms with Crippen LogP contribution in [0.2, 0.25) is 0 Å². The van der Waals surface area contributed by atoms with Gasteiger partial charge in [-0.15, -0.1) is 0 Å². The second kappa shape index (κ2) is 8.18. The molecule has 4 rings (SSSR count). The third kappa shape index (κ3) is 4.55. The van der Waals surface area contributed by atoms with Gasteiger partial charge in [-0.2, -0.15) is 0 Å². The van der Waals surface area contributed by atoms with Crippen molar-refractivity contribution in [2.75, 3.05) is 0 Å². The molecule has 1 fully saturated rings. The zero-order valence-electron chi connectivity index (χ0n) is 16.2.